The molecule has 1 aromatic rings. The van der Waals surface area contributed by atoms with Crippen molar-refractivity contribution in [1.82, 2.24) is 0 Å². The van der Waals surface area contributed by atoms with Gasteiger partial charge in [-0.25, -0.2) is 0 Å². The van der Waals surface area contributed by atoms with E-state index in [-0.39, 0.29) is 5.97 Å². The number of hydrogen-bond donors (Lipinski definition) is 1. The first-order valence-electron chi connectivity index (χ1n) is 6.74. The zero-order valence-electron chi connectivity index (χ0n) is 13.0. The topological polar surface area (TPSA) is 70.8 Å². The number of benzene rings is 1. The van der Waals surface area contributed by atoms with Crippen LogP contribution in [0, 0.1) is 6.92 Å². The van der Waals surface area contributed by atoms with Gasteiger partial charge in [0.25, 0.3) is 0 Å². The normalized spacial score (nSPS) is 11.9. The number of hydrogen-bond acceptors (Lipinski definition) is 6. The molecule has 0 heterocycles. The Hall–Kier alpha value is -1.40. The lowest BCUT2D eigenvalue weighted by Crippen LogP contribution is -2.34. The predicted molar refractivity (Wildman–Crippen MR) is 85.1 cm³/mol. The largest absolute Gasteiger partial charge is 0.493 e. The van der Waals surface area contributed by atoms with E-state index in [1.54, 1.807) is 32.9 Å². The highest BCUT2D eigenvalue weighted by Crippen LogP contribution is 2.31. The highest BCUT2D eigenvalue weighted by atomic mass is 32.2. The molecule has 21 heavy (non-hydrogen) atoms. The van der Waals surface area contributed by atoms with Gasteiger partial charge >= 0.3 is 5.97 Å². The van der Waals surface area contributed by atoms with Crippen molar-refractivity contribution < 1.29 is 19.0 Å². The lowest BCUT2D eigenvalue weighted by atomic mass is 10.1. The van der Waals surface area contributed by atoms with E-state index in [1.807, 2.05) is 19.1 Å². The van der Waals surface area contributed by atoms with Crippen LogP contribution in [-0.4, -0.2) is 38.6 Å². The van der Waals surface area contributed by atoms with Crippen LogP contribution in [0.15, 0.2) is 12.1 Å². The van der Waals surface area contributed by atoms with Gasteiger partial charge in [-0.2, -0.15) is 11.8 Å². The molecule has 1 aromatic carbocycles. The maximum atomic E-state index is 11.4. The fraction of sp³-hybridized carbons (Fsp3) is 0.533. The number of aryl methyl sites for hydroxylation is 1. The molecule has 0 spiro atoms. The van der Waals surface area contributed by atoms with Crippen LogP contribution < -0.4 is 15.2 Å². The van der Waals surface area contributed by atoms with Crippen LogP contribution in [-0.2, 0) is 15.3 Å². The van der Waals surface area contributed by atoms with Crippen molar-refractivity contribution in [1.29, 1.82) is 0 Å². The maximum absolute atomic E-state index is 11.4. The summed E-state index contributed by atoms with van der Waals surface area (Å²) in [6.07, 6.45) is 0. The van der Waals surface area contributed by atoms with Gasteiger partial charge < -0.3 is 19.9 Å². The Bertz CT molecular complexity index is 479. The molecule has 1 atom stereocenters. The van der Waals surface area contributed by atoms with Crippen molar-refractivity contribution in [2.24, 2.45) is 5.73 Å². The fourth-order valence-electron chi connectivity index (χ4n) is 1.79. The summed E-state index contributed by atoms with van der Waals surface area (Å²) in [4.78, 5) is 11.4. The van der Waals surface area contributed by atoms with E-state index in [2.05, 4.69) is 0 Å². The smallest absolute Gasteiger partial charge is 0.323 e. The maximum Gasteiger partial charge on any atom is 0.323 e. The minimum atomic E-state index is -0.588. The van der Waals surface area contributed by atoms with Gasteiger partial charge in [-0.05, 0) is 37.1 Å². The number of carbonyl (C=O) groups is 1. The van der Waals surface area contributed by atoms with Gasteiger partial charge in [0.1, 0.15) is 6.04 Å². The second-order valence-electron chi connectivity index (χ2n) is 4.51. The summed E-state index contributed by atoms with van der Waals surface area (Å²) in [6, 6.07) is 3.31. The number of thioether (sulfide) groups is 1. The van der Waals surface area contributed by atoms with E-state index in [9.17, 15) is 4.79 Å². The molecule has 0 fully saturated rings. The minimum Gasteiger partial charge on any atom is -0.493 e. The van der Waals surface area contributed by atoms with Crippen molar-refractivity contribution in [3.63, 3.8) is 0 Å². The second-order valence-corrected chi connectivity index (χ2v) is 5.54. The zero-order chi connectivity index (χ0) is 15.8. The molecular weight excluding hydrogens is 290 g/mol. The molecule has 1 rings (SSSR count). The first-order valence-corrected chi connectivity index (χ1v) is 7.90. The van der Waals surface area contributed by atoms with Crippen LogP contribution in [0.2, 0.25) is 0 Å². The zero-order valence-corrected chi connectivity index (χ0v) is 13.8. The van der Waals surface area contributed by atoms with Gasteiger partial charge in [-0.3, -0.25) is 4.79 Å². The molecule has 0 aliphatic heterocycles. The molecule has 0 radical (unpaired) electrons. The summed E-state index contributed by atoms with van der Waals surface area (Å²) in [5.74, 6) is 2.33. The Balaban J connectivity index is 2.61. The number of ether oxygens (including phenoxy) is 3. The van der Waals surface area contributed by atoms with Crippen LogP contribution in [0.1, 0.15) is 18.1 Å². The third-order valence-corrected chi connectivity index (χ3v) is 4.10. The highest BCUT2D eigenvalue weighted by molar-refractivity contribution is 7.98. The summed E-state index contributed by atoms with van der Waals surface area (Å²) in [5, 5.41) is 0. The standard InChI is InChI=1S/C15H23NO4S/c1-5-20-15(17)12(16)9-21-8-11-7-14(19-4)13(18-3)6-10(11)2/h6-7,12H,5,8-9,16H2,1-4H3. The number of nitrogens with two attached hydrogens (primary N) is 1. The van der Waals surface area contributed by atoms with E-state index >= 15 is 0 Å². The third kappa shape index (κ3) is 5.13. The Morgan fingerprint density at radius 3 is 2.48 bits per heavy atom. The first-order chi connectivity index (χ1) is 10.0. The molecule has 0 aliphatic rings. The summed E-state index contributed by atoms with van der Waals surface area (Å²) in [6.45, 7) is 4.14. The monoisotopic (exact) mass is 313 g/mol. The Kier molecular flexibility index (Phi) is 7.39. The SMILES string of the molecule is CCOC(=O)C(N)CSCc1cc(OC)c(OC)cc1C. The molecule has 0 aromatic heterocycles. The second kappa shape index (κ2) is 8.79. The molecule has 0 amide bonds. The molecule has 2 N–H and O–H groups in total. The molecule has 0 bridgehead atoms. The molecule has 0 aliphatic carbocycles. The Morgan fingerprint density at radius 2 is 1.90 bits per heavy atom. The molecule has 5 nitrogen and oxygen atoms in total. The third-order valence-electron chi connectivity index (χ3n) is 2.99. The van der Waals surface area contributed by atoms with Crippen molar-refractivity contribution in [2.75, 3.05) is 26.6 Å². The number of rotatable bonds is 8. The Labute approximate surface area is 130 Å². The van der Waals surface area contributed by atoms with Gasteiger partial charge in [0, 0.05) is 11.5 Å². The average molecular weight is 313 g/mol. The quantitative estimate of drug-likeness (QED) is 0.741. The van der Waals surface area contributed by atoms with E-state index in [0.717, 1.165) is 16.9 Å². The fourth-order valence-corrected chi connectivity index (χ4v) is 2.83. The lowest BCUT2D eigenvalue weighted by molar-refractivity contribution is -0.144. The van der Waals surface area contributed by atoms with Crippen molar-refractivity contribution in [3.8, 4) is 11.5 Å². The molecule has 118 valence electrons. The molecular formula is C15H23NO4S. The van der Waals surface area contributed by atoms with E-state index in [4.69, 9.17) is 19.9 Å². The summed E-state index contributed by atoms with van der Waals surface area (Å²) in [7, 11) is 3.23. The first kappa shape index (κ1) is 17.7. The van der Waals surface area contributed by atoms with Crippen molar-refractivity contribution >= 4 is 17.7 Å². The number of carbonyl (C=O) groups excluding carboxylic acids is 1. The molecule has 1 unspecified atom stereocenters. The highest BCUT2D eigenvalue weighted by Gasteiger charge is 2.15. The molecule has 6 heteroatoms. The Morgan fingerprint density at radius 1 is 1.29 bits per heavy atom. The lowest BCUT2D eigenvalue weighted by Gasteiger charge is -2.14. The average Bonchev–Trinajstić information content (AvgIpc) is 2.48. The molecule has 0 saturated carbocycles. The summed E-state index contributed by atoms with van der Waals surface area (Å²) < 4.78 is 15.4. The van der Waals surface area contributed by atoms with Gasteiger partial charge in [0.2, 0.25) is 0 Å². The van der Waals surface area contributed by atoms with Gasteiger partial charge in [0.05, 0.1) is 20.8 Å². The van der Waals surface area contributed by atoms with Crippen LogP contribution in [0.25, 0.3) is 0 Å². The van der Waals surface area contributed by atoms with Crippen molar-refractivity contribution in [3.05, 3.63) is 23.3 Å². The van der Waals surface area contributed by atoms with Crippen LogP contribution in [0.3, 0.4) is 0 Å². The van der Waals surface area contributed by atoms with Crippen LogP contribution in [0.5, 0.6) is 11.5 Å². The summed E-state index contributed by atoms with van der Waals surface area (Å²) in [5.41, 5.74) is 8.02. The summed E-state index contributed by atoms with van der Waals surface area (Å²) >= 11 is 1.59. The van der Waals surface area contributed by atoms with E-state index < -0.39 is 6.04 Å². The minimum absolute atomic E-state index is 0.353. The van der Waals surface area contributed by atoms with E-state index in [1.165, 1.54) is 0 Å². The van der Waals surface area contributed by atoms with Gasteiger partial charge in [-0.15, -0.1) is 0 Å². The van der Waals surface area contributed by atoms with Crippen LogP contribution >= 0.6 is 11.8 Å². The van der Waals surface area contributed by atoms with E-state index in [0.29, 0.717) is 23.9 Å². The van der Waals surface area contributed by atoms with Crippen LogP contribution in [0.4, 0.5) is 0 Å². The number of esters is 1. The van der Waals surface area contributed by atoms with Gasteiger partial charge in [-0.1, -0.05) is 0 Å². The van der Waals surface area contributed by atoms with Gasteiger partial charge in [0.15, 0.2) is 11.5 Å². The number of methoxy groups -OCH3 is 2. The van der Waals surface area contributed by atoms with Crippen molar-refractivity contribution in [2.45, 2.75) is 25.6 Å². The molecule has 0 saturated heterocycles. The predicted octanol–water partition coefficient (Wildman–Crippen LogP) is 2.14.